The highest BCUT2D eigenvalue weighted by molar-refractivity contribution is 6.30. The number of aliphatic hydroxyl groups is 1. The van der Waals surface area contributed by atoms with Crippen LogP contribution in [0.2, 0.25) is 5.02 Å². The topological polar surface area (TPSA) is 54.7 Å². The molecule has 5 nitrogen and oxygen atoms in total. The number of aryl methyl sites for hydroxylation is 1. The molecule has 1 aromatic carbocycles. The molecule has 2 aromatic rings. The first-order valence-electron chi connectivity index (χ1n) is 8.09. The quantitative estimate of drug-likeness (QED) is 0.903. The number of para-hydroxylation sites is 1. The van der Waals surface area contributed by atoms with Crippen molar-refractivity contribution < 1.29 is 14.2 Å². The highest BCUT2D eigenvalue weighted by atomic mass is 35.5. The molecule has 0 saturated carbocycles. The van der Waals surface area contributed by atoms with Crippen molar-refractivity contribution in [3.63, 3.8) is 0 Å². The Morgan fingerprint density at radius 3 is 2.68 bits per heavy atom. The Kier molecular flexibility index (Phi) is 5.01. The van der Waals surface area contributed by atoms with Crippen LogP contribution >= 0.6 is 11.6 Å². The van der Waals surface area contributed by atoms with Gasteiger partial charge in [0, 0.05) is 26.3 Å². The maximum atomic E-state index is 13.6. The Hall–Kier alpha value is -2.05. The van der Waals surface area contributed by atoms with E-state index in [2.05, 4.69) is 0 Å². The number of pyridine rings is 1. The summed E-state index contributed by atoms with van der Waals surface area (Å²) >= 11 is 6.04. The van der Waals surface area contributed by atoms with Crippen LogP contribution in [0.25, 0.3) is 0 Å². The SMILES string of the molecule is Cn1cc(Cl)cc(N2CCC(O)(COc3ccccc3F)CC2)c1=O. The average Bonchev–Trinajstić information content (AvgIpc) is 2.58. The Labute approximate surface area is 150 Å². The third-order valence-electron chi connectivity index (χ3n) is 4.50. The maximum absolute atomic E-state index is 13.6. The van der Waals surface area contributed by atoms with Crippen molar-refractivity contribution in [2.45, 2.75) is 18.4 Å². The molecule has 0 spiro atoms. The van der Waals surface area contributed by atoms with Gasteiger partial charge in [-0.3, -0.25) is 4.79 Å². The van der Waals surface area contributed by atoms with Gasteiger partial charge in [-0.1, -0.05) is 23.7 Å². The van der Waals surface area contributed by atoms with Crippen LogP contribution in [-0.2, 0) is 7.05 Å². The third kappa shape index (κ3) is 3.96. The van der Waals surface area contributed by atoms with Crippen LogP contribution in [0.5, 0.6) is 5.75 Å². The van der Waals surface area contributed by atoms with Crippen LogP contribution < -0.4 is 15.2 Å². The lowest BCUT2D eigenvalue weighted by atomic mass is 9.92. The van der Waals surface area contributed by atoms with E-state index in [1.807, 2.05) is 4.90 Å². The van der Waals surface area contributed by atoms with Crippen molar-refractivity contribution in [2.24, 2.45) is 7.05 Å². The molecule has 1 N–H and O–H groups in total. The van der Waals surface area contributed by atoms with Gasteiger partial charge in [0.1, 0.15) is 17.9 Å². The monoisotopic (exact) mass is 366 g/mol. The van der Waals surface area contributed by atoms with E-state index in [0.29, 0.717) is 36.6 Å². The molecule has 7 heteroatoms. The van der Waals surface area contributed by atoms with E-state index in [1.165, 1.54) is 16.7 Å². The summed E-state index contributed by atoms with van der Waals surface area (Å²) in [4.78, 5) is 14.2. The molecule has 1 aliphatic rings. The van der Waals surface area contributed by atoms with E-state index in [4.69, 9.17) is 16.3 Å². The summed E-state index contributed by atoms with van der Waals surface area (Å²) in [6, 6.07) is 7.76. The minimum atomic E-state index is -1.05. The van der Waals surface area contributed by atoms with Gasteiger partial charge >= 0.3 is 0 Å². The molecule has 0 aliphatic carbocycles. The van der Waals surface area contributed by atoms with Crippen LogP contribution in [0.4, 0.5) is 10.1 Å². The van der Waals surface area contributed by atoms with Gasteiger partial charge in [0.2, 0.25) is 0 Å². The summed E-state index contributed by atoms with van der Waals surface area (Å²) in [7, 11) is 1.65. The Balaban J connectivity index is 1.65. The van der Waals surface area contributed by atoms with Gasteiger partial charge in [-0.25, -0.2) is 4.39 Å². The summed E-state index contributed by atoms with van der Waals surface area (Å²) in [5, 5.41) is 11.2. The molecule has 1 aliphatic heterocycles. The van der Waals surface area contributed by atoms with E-state index < -0.39 is 11.4 Å². The van der Waals surface area contributed by atoms with Crippen molar-refractivity contribution >= 4 is 17.3 Å². The molecule has 0 radical (unpaired) electrons. The van der Waals surface area contributed by atoms with Crippen molar-refractivity contribution in [1.82, 2.24) is 4.57 Å². The van der Waals surface area contributed by atoms with Crippen molar-refractivity contribution in [2.75, 3.05) is 24.6 Å². The molecule has 1 fully saturated rings. The lowest BCUT2D eigenvalue weighted by molar-refractivity contribution is -0.0250. The molecule has 25 heavy (non-hydrogen) atoms. The zero-order chi connectivity index (χ0) is 18.0. The highest BCUT2D eigenvalue weighted by Gasteiger charge is 2.34. The molecule has 0 bridgehead atoms. The van der Waals surface area contributed by atoms with E-state index in [9.17, 15) is 14.3 Å². The first kappa shape index (κ1) is 17.8. The van der Waals surface area contributed by atoms with Crippen LogP contribution in [0.3, 0.4) is 0 Å². The Morgan fingerprint density at radius 1 is 1.32 bits per heavy atom. The van der Waals surface area contributed by atoms with Crippen molar-refractivity contribution in [3.05, 3.63) is 57.7 Å². The van der Waals surface area contributed by atoms with Gasteiger partial charge in [-0.05, 0) is 31.0 Å². The Bertz CT molecular complexity index is 816. The van der Waals surface area contributed by atoms with Gasteiger partial charge in [0.25, 0.3) is 5.56 Å². The summed E-state index contributed by atoms with van der Waals surface area (Å²) in [6.45, 7) is 0.995. The van der Waals surface area contributed by atoms with E-state index in [-0.39, 0.29) is 17.9 Å². The first-order chi connectivity index (χ1) is 11.9. The second kappa shape index (κ2) is 7.06. The predicted molar refractivity (Wildman–Crippen MR) is 95.0 cm³/mol. The van der Waals surface area contributed by atoms with E-state index in [0.717, 1.165) is 0 Å². The zero-order valence-electron chi connectivity index (χ0n) is 13.9. The first-order valence-corrected chi connectivity index (χ1v) is 8.47. The van der Waals surface area contributed by atoms with Gasteiger partial charge < -0.3 is 19.3 Å². The van der Waals surface area contributed by atoms with Gasteiger partial charge in [-0.2, -0.15) is 0 Å². The summed E-state index contributed by atoms with van der Waals surface area (Å²) in [6.07, 6.45) is 2.39. The summed E-state index contributed by atoms with van der Waals surface area (Å²) in [5.41, 5.74) is -0.660. The number of nitrogens with zero attached hydrogens (tertiary/aromatic N) is 2. The molecule has 0 unspecified atom stereocenters. The van der Waals surface area contributed by atoms with Crippen molar-refractivity contribution in [3.8, 4) is 5.75 Å². The molecule has 0 atom stereocenters. The van der Waals surface area contributed by atoms with Crippen LogP contribution in [0.15, 0.2) is 41.3 Å². The number of hydrogen-bond donors (Lipinski definition) is 1. The van der Waals surface area contributed by atoms with Gasteiger partial charge in [0.15, 0.2) is 11.6 Å². The smallest absolute Gasteiger partial charge is 0.273 e. The number of ether oxygens (including phenoxy) is 1. The van der Waals surface area contributed by atoms with Crippen LogP contribution in [0, 0.1) is 5.82 Å². The maximum Gasteiger partial charge on any atom is 0.273 e. The second-order valence-corrected chi connectivity index (χ2v) is 6.83. The van der Waals surface area contributed by atoms with Crippen LogP contribution in [-0.4, -0.2) is 35.0 Å². The molecule has 134 valence electrons. The molecular formula is C18H20ClFN2O3. The molecule has 2 heterocycles. The summed E-state index contributed by atoms with van der Waals surface area (Å²) < 4.78 is 20.5. The van der Waals surface area contributed by atoms with Gasteiger partial charge in [0.05, 0.1) is 5.02 Å². The molecule has 3 rings (SSSR count). The number of anilines is 1. The molecule has 1 saturated heterocycles. The molecular weight excluding hydrogens is 347 g/mol. The lowest BCUT2D eigenvalue weighted by Gasteiger charge is -2.38. The fraction of sp³-hybridized carbons (Fsp3) is 0.389. The number of piperidine rings is 1. The normalized spacial score (nSPS) is 16.7. The predicted octanol–water partition coefficient (Wildman–Crippen LogP) is 2.59. The highest BCUT2D eigenvalue weighted by Crippen LogP contribution is 2.27. The largest absolute Gasteiger partial charge is 0.488 e. The zero-order valence-corrected chi connectivity index (χ0v) is 14.7. The average molecular weight is 367 g/mol. The molecule has 1 aromatic heterocycles. The molecule has 0 amide bonds. The van der Waals surface area contributed by atoms with Gasteiger partial charge in [-0.15, -0.1) is 0 Å². The standard InChI is InChI=1S/C18H20ClFN2O3/c1-21-11-13(19)10-15(17(21)23)22-8-6-18(24,7-9-22)12-25-16-5-3-2-4-14(16)20/h2-5,10-11,24H,6-9,12H2,1H3. The second-order valence-electron chi connectivity index (χ2n) is 6.39. The van der Waals surface area contributed by atoms with E-state index in [1.54, 1.807) is 31.4 Å². The van der Waals surface area contributed by atoms with Crippen LogP contribution in [0.1, 0.15) is 12.8 Å². The minimum absolute atomic E-state index is 0.00926. The number of halogens is 2. The fourth-order valence-corrected chi connectivity index (χ4v) is 3.21. The third-order valence-corrected chi connectivity index (χ3v) is 4.71. The van der Waals surface area contributed by atoms with E-state index >= 15 is 0 Å². The number of hydrogen-bond acceptors (Lipinski definition) is 4. The number of aromatic nitrogens is 1. The minimum Gasteiger partial charge on any atom is -0.488 e. The fourth-order valence-electron chi connectivity index (χ4n) is 2.96. The van der Waals surface area contributed by atoms with Crippen molar-refractivity contribution in [1.29, 1.82) is 0 Å². The number of benzene rings is 1. The summed E-state index contributed by atoms with van der Waals surface area (Å²) in [5.74, 6) is -0.326. The Morgan fingerprint density at radius 2 is 2.00 bits per heavy atom. The lowest BCUT2D eigenvalue weighted by Crippen LogP contribution is -2.49. The number of rotatable bonds is 4.